The average Bonchev–Trinajstić information content (AvgIpc) is 2.88. The molecule has 6 nitrogen and oxygen atoms in total. The van der Waals surface area contributed by atoms with Gasteiger partial charge in [-0.1, -0.05) is 23.2 Å². The number of hydrogen-bond donors (Lipinski definition) is 2. The summed E-state index contributed by atoms with van der Waals surface area (Å²) in [5.41, 5.74) is 0.746. The fourth-order valence-electron chi connectivity index (χ4n) is 1.60. The SMILES string of the molecule is O=C(O)CCn1cc(C(=O)Nc2ccc(Cl)cc2Cl)cn1. The summed E-state index contributed by atoms with van der Waals surface area (Å²) in [6, 6.07) is 4.73. The van der Waals surface area contributed by atoms with E-state index in [1.54, 1.807) is 12.1 Å². The number of carboxylic acids is 1. The van der Waals surface area contributed by atoms with E-state index in [4.69, 9.17) is 28.3 Å². The Morgan fingerprint density at radius 2 is 2.10 bits per heavy atom. The molecule has 0 bridgehead atoms. The Morgan fingerprint density at radius 3 is 2.76 bits per heavy atom. The summed E-state index contributed by atoms with van der Waals surface area (Å²) in [4.78, 5) is 22.5. The summed E-state index contributed by atoms with van der Waals surface area (Å²) in [6.45, 7) is 0.199. The van der Waals surface area contributed by atoms with Gasteiger partial charge in [0.05, 0.1) is 35.4 Å². The highest BCUT2D eigenvalue weighted by Gasteiger charge is 2.11. The molecule has 0 aliphatic heterocycles. The number of aliphatic carboxylic acids is 1. The summed E-state index contributed by atoms with van der Waals surface area (Å²) in [5, 5.41) is 16.0. The lowest BCUT2D eigenvalue weighted by atomic mass is 10.3. The van der Waals surface area contributed by atoms with Crippen molar-refractivity contribution >= 4 is 40.8 Å². The van der Waals surface area contributed by atoms with Gasteiger partial charge in [0.2, 0.25) is 0 Å². The number of anilines is 1. The van der Waals surface area contributed by atoms with Crippen molar-refractivity contribution in [1.29, 1.82) is 0 Å². The van der Waals surface area contributed by atoms with Crippen molar-refractivity contribution in [3.63, 3.8) is 0 Å². The number of carbonyl (C=O) groups is 2. The molecule has 1 amide bonds. The highest BCUT2D eigenvalue weighted by molar-refractivity contribution is 6.36. The molecule has 0 unspecified atom stereocenters. The third-order valence-electron chi connectivity index (χ3n) is 2.63. The van der Waals surface area contributed by atoms with Crippen LogP contribution in [0.1, 0.15) is 16.8 Å². The Labute approximate surface area is 130 Å². The number of amides is 1. The molecule has 1 heterocycles. The van der Waals surface area contributed by atoms with Crippen LogP contribution in [0.15, 0.2) is 30.6 Å². The van der Waals surface area contributed by atoms with Gasteiger partial charge >= 0.3 is 5.97 Å². The van der Waals surface area contributed by atoms with Crippen molar-refractivity contribution in [2.45, 2.75) is 13.0 Å². The summed E-state index contributed by atoms with van der Waals surface area (Å²) < 4.78 is 1.40. The highest BCUT2D eigenvalue weighted by atomic mass is 35.5. The van der Waals surface area contributed by atoms with Crippen molar-refractivity contribution in [1.82, 2.24) is 9.78 Å². The van der Waals surface area contributed by atoms with E-state index in [9.17, 15) is 9.59 Å². The first-order valence-electron chi connectivity index (χ1n) is 5.96. The van der Waals surface area contributed by atoms with Crippen LogP contribution in [0.4, 0.5) is 5.69 Å². The molecule has 110 valence electrons. The van der Waals surface area contributed by atoms with Gasteiger partial charge in [0, 0.05) is 11.2 Å². The van der Waals surface area contributed by atoms with E-state index in [-0.39, 0.29) is 18.9 Å². The Balaban J connectivity index is 2.05. The van der Waals surface area contributed by atoms with E-state index in [2.05, 4.69) is 10.4 Å². The molecule has 0 saturated heterocycles. The number of benzene rings is 1. The van der Waals surface area contributed by atoms with Crippen LogP contribution < -0.4 is 5.32 Å². The lowest BCUT2D eigenvalue weighted by molar-refractivity contribution is -0.137. The normalized spacial score (nSPS) is 10.4. The molecule has 0 aliphatic rings. The van der Waals surface area contributed by atoms with Crippen molar-refractivity contribution in [2.24, 2.45) is 0 Å². The summed E-state index contributed by atoms with van der Waals surface area (Å²) >= 11 is 11.7. The predicted molar refractivity (Wildman–Crippen MR) is 78.9 cm³/mol. The number of aromatic nitrogens is 2. The van der Waals surface area contributed by atoms with Crippen molar-refractivity contribution in [3.05, 3.63) is 46.2 Å². The predicted octanol–water partition coefficient (Wildman–Crippen LogP) is 2.92. The number of halogens is 2. The zero-order valence-electron chi connectivity index (χ0n) is 10.7. The van der Waals surface area contributed by atoms with Gasteiger partial charge in [-0.25, -0.2) is 0 Å². The van der Waals surface area contributed by atoms with E-state index >= 15 is 0 Å². The third-order valence-corrected chi connectivity index (χ3v) is 3.18. The van der Waals surface area contributed by atoms with Gasteiger partial charge in [-0.05, 0) is 18.2 Å². The largest absolute Gasteiger partial charge is 0.481 e. The number of nitrogens with one attached hydrogen (secondary N) is 1. The smallest absolute Gasteiger partial charge is 0.305 e. The lowest BCUT2D eigenvalue weighted by Crippen LogP contribution is -2.11. The Bertz CT molecular complexity index is 685. The van der Waals surface area contributed by atoms with Crippen molar-refractivity contribution < 1.29 is 14.7 Å². The second-order valence-corrected chi connectivity index (χ2v) is 5.06. The van der Waals surface area contributed by atoms with Gasteiger partial charge in [0.1, 0.15) is 0 Å². The van der Waals surface area contributed by atoms with Gasteiger partial charge in [-0.2, -0.15) is 5.10 Å². The summed E-state index contributed by atoms with van der Waals surface area (Å²) in [5.74, 6) is -1.31. The molecule has 1 aromatic carbocycles. The van der Waals surface area contributed by atoms with E-state index in [1.165, 1.54) is 23.1 Å². The molecule has 0 atom stereocenters. The lowest BCUT2D eigenvalue weighted by Gasteiger charge is -2.06. The molecule has 0 spiro atoms. The second kappa shape index (κ2) is 6.60. The highest BCUT2D eigenvalue weighted by Crippen LogP contribution is 2.25. The molecule has 0 aliphatic carbocycles. The van der Waals surface area contributed by atoms with E-state index in [0.717, 1.165) is 0 Å². The van der Waals surface area contributed by atoms with Gasteiger partial charge in [-0.15, -0.1) is 0 Å². The molecule has 0 saturated carbocycles. The Hall–Kier alpha value is -2.05. The number of carboxylic acid groups (broad SMARTS) is 1. The minimum absolute atomic E-state index is 0.0637. The Morgan fingerprint density at radius 1 is 1.33 bits per heavy atom. The molecule has 0 radical (unpaired) electrons. The summed E-state index contributed by atoms with van der Waals surface area (Å²) in [6.07, 6.45) is 2.77. The maximum absolute atomic E-state index is 12.0. The van der Waals surface area contributed by atoms with Crippen LogP contribution in [0.2, 0.25) is 10.0 Å². The molecular weight excluding hydrogens is 317 g/mol. The van der Waals surface area contributed by atoms with Crippen LogP contribution in [0.25, 0.3) is 0 Å². The minimum atomic E-state index is -0.926. The number of rotatable bonds is 5. The fourth-order valence-corrected chi connectivity index (χ4v) is 2.05. The number of aryl methyl sites for hydroxylation is 1. The van der Waals surface area contributed by atoms with E-state index < -0.39 is 5.97 Å². The van der Waals surface area contributed by atoms with Crippen molar-refractivity contribution in [2.75, 3.05) is 5.32 Å². The molecule has 2 rings (SSSR count). The van der Waals surface area contributed by atoms with Gasteiger partial charge in [-0.3, -0.25) is 14.3 Å². The molecule has 1 aromatic heterocycles. The third kappa shape index (κ3) is 4.21. The fraction of sp³-hybridized carbons (Fsp3) is 0.154. The van der Waals surface area contributed by atoms with Crippen LogP contribution in [0, 0.1) is 0 Å². The number of hydrogen-bond acceptors (Lipinski definition) is 3. The molecule has 21 heavy (non-hydrogen) atoms. The summed E-state index contributed by atoms with van der Waals surface area (Å²) in [7, 11) is 0. The standard InChI is InChI=1S/C13H11Cl2N3O3/c14-9-1-2-11(10(15)5-9)17-13(21)8-6-16-18(7-8)4-3-12(19)20/h1-2,5-7H,3-4H2,(H,17,21)(H,19,20). The number of carbonyl (C=O) groups excluding carboxylic acids is 1. The van der Waals surface area contributed by atoms with E-state index in [0.29, 0.717) is 21.3 Å². The first-order valence-corrected chi connectivity index (χ1v) is 6.72. The Kier molecular flexibility index (Phi) is 4.82. The van der Waals surface area contributed by atoms with Crippen LogP contribution in [0.5, 0.6) is 0 Å². The first-order chi connectivity index (χ1) is 9.95. The molecule has 2 N–H and O–H groups in total. The molecule has 0 fully saturated rings. The van der Waals surface area contributed by atoms with Gasteiger partial charge in [0.15, 0.2) is 0 Å². The van der Waals surface area contributed by atoms with Gasteiger partial charge < -0.3 is 10.4 Å². The van der Waals surface area contributed by atoms with Crippen molar-refractivity contribution in [3.8, 4) is 0 Å². The van der Waals surface area contributed by atoms with E-state index in [1.807, 2.05) is 0 Å². The van der Waals surface area contributed by atoms with Gasteiger partial charge in [0.25, 0.3) is 5.91 Å². The zero-order valence-corrected chi connectivity index (χ0v) is 12.2. The molecule has 8 heteroatoms. The average molecular weight is 328 g/mol. The van der Waals surface area contributed by atoms with Crippen LogP contribution >= 0.6 is 23.2 Å². The minimum Gasteiger partial charge on any atom is -0.481 e. The van der Waals surface area contributed by atoms with Crippen LogP contribution in [-0.2, 0) is 11.3 Å². The van der Waals surface area contributed by atoms with Crippen LogP contribution in [0.3, 0.4) is 0 Å². The topological polar surface area (TPSA) is 84.2 Å². The number of nitrogens with zero attached hydrogens (tertiary/aromatic N) is 2. The molecule has 2 aromatic rings. The quantitative estimate of drug-likeness (QED) is 0.884. The monoisotopic (exact) mass is 327 g/mol. The second-order valence-electron chi connectivity index (χ2n) is 4.21. The van der Waals surface area contributed by atoms with Crippen LogP contribution in [-0.4, -0.2) is 26.8 Å². The molecular formula is C13H11Cl2N3O3. The zero-order chi connectivity index (χ0) is 15.4. The maximum Gasteiger partial charge on any atom is 0.305 e. The first kappa shape index (κ1) is 15.3. The maximum atomic E-state index is 12.0.